The van der Waals surface area contributed by atoms with Crippen LogP contribution in [-0.2, 0) is 0 Å². The molecule has 0 radical (unpaired) electrons. The molecule has 0 saturated heterocycles. The van der Waals surface area contributed by atoms with Crippen molar-refractivity contribution in [2.24, 2.45) is 0 Å². The largest absolute Gasteiger partial charge is 0.298 e. The van der Waals surface area contributed by atoms with Crippen LogP contribution in [0, 0.1) is 13.8 Å². The van der Waals surface area contributed by atoms with Gasteiger partial charge in [-0.05, 0) is 31.0 Å². The number of hydrogen-bond acceptors (Lipinski definition) is 1. The highest BCUT2D eigenvalue weighted by Crippen LogP contribution is 2.29. The molecular weight excluding hydrogens is 239 g/mol. The van der Waals surface area contributed by atoms with Gasteiger partial charge in [-0.25, -0.2) is 0 Å². The van der Waals surface area contributed by atoms with E-state index in [9.17, 15) is 4.79 Å². The summed E-state index contributed by atoms with van der Waals surface area (Å²) >= 11 is 9.26. The van der Waals surface area contributed by atoms with Gasteiger partial charge >= 0.3 is 0 Å². The molecule has 0 bridgehead atoms. The molecular formula is C9H8BrClO. The van der Waals surface area contributed by atoms with E-state index >= 15 is 0 Å². The summed E-state index contributed by atoms with van der Waals surface area (Å²) in [5.74, 6) is 0. The van der Waals surface area contributed by atoms with Crippen LogP contribution in [0.2, 0.25) is 5.02 Å². The fraction of sp³-hybridized carbons (Fsp3) is 0.222. The second-order valence-electron chi connectivity index (χ2n) is 2.63. The van der Waals surface area contributed by atoms with Crippen LogP contribution in [-0.4, -0.2) is 6.29 Å². The van der Waals surface area contributed by atoms with Crippen LogP contribution in [0.3, 0.4) is 0 Å². The first-order valence-corrected chi connectivity index (χ1v) is 4.65. The third-order valence-corrected chi connectivity index (χ3v) is 3.44. The predicted octanol–water partition coefficient (Wildman–Crippen LogP) is 3.53. The van der Waals surface area contributed by atoms with E-state index in [1.165, 1.54) is 0 Å². The van der Waals surface area contributed by atoms with Crippen molar-refractivity contribution in [2.75, 3.05) is 0 Å². The molecule has 0 amide bonds. The molecule has 0 saturated carbocycles. The standard InChI is InChI=1S/C9H8BrClO/c1-5-7(4-12)3-8(11)6(2)9(5)10/h3-4H,1-2H3. The van der Waals surface area contributed by atoms with Gasteiger partial charge in [-0.1, -0.05) is 27.5 Å². The second kappa shape index (κ2) is 3.58. The zero-order chi connectivity index (χ0) is 9.30. The lowest BCUT2D eigenvalue weighted by molar-refractivity contribution is 0.112. The quantitative estimate of drug-likeness (QED) is 0.694. The molecule has 1 nitrogen and oxygen atoms in total. The molecule has 0 aliphatic heterocycles. The number of halogens is 2. The molecule has 12 heavy (non-hydrogen) atoms. The van der Waals surface area contributed by atoms with E-state index in [0.29, 0.717) is 10.6 Å². The number of hydrogen-bond donors (Lipinski definition) is 0. The van der Waals surface area contributed by atoms with Crippen molar-refractivity contribution >= 4 is 33.8 Å². The number of carbonyl (C=O) groups is 1. The van der Waals surface area contributed by atoms with Crippen molar-refractivity contribution < 1.29 is 4.79 Å². The maximum Gasteiger partial charge on any atom is 0.150 e. The molecule has 64 valence electrons. The molecule has 0 N–H and O–H groups in total. The van der Waals surface area contributed by atoms with Crippen molar-refractivity contribution in [1.82, 2.24) is 0 Å². The van der Waals surface area contributed by atoms with Crippen molar-refractivity contribution in [1.29, 1.82) is 0 Å². The van der Waals surface area contributed by atoms with Crippen LogP contribution < -0.4 is 0 Å². The van der Waals surface area contributed by atoms with Crippen LogP contribution in [0.4, 0.5) is 0 Å². The Balaban J connectivity index is 3.49. The van der Waals surface area contributed by atoms with Crippen LogP contribution in [0.5, 0.6) is 0 Å². The van der Waals surface area contributed by atoms with Gasteiger partial charge in [0.15, 0.2) is 0 Å². The van der Waals surface area contributed by atoms with Gasteiger partial charge in [0.25, 0.3) is 0 Å². The third-order valence-electron chi connectivity index (χ3n) is 1.86. The first kappa shape index (κ1) is 9.75. The van der Waals surface area contributed by atoms with Gasteiger partial charge in [0.1, 0.15) is 6.29 Å². The Morgan fingerprint density at radius 2 is 2.00 bits per heavy atom. The molecule has 0 aromatic heterocycles. The lowest BCUT2D eigenvalue weighted by Gasteiger charge is -2.06. The molecule has 0 fully saturated rings. The van der Waals surface area contributed by atoms with Crippen LogP contribution in [0.25, 0.3) is 0 Å². The van der Waals surface area contributed by atoms with Crippen LogP contribution in [0.15, 0.2) is 10.5 Å². The summed E-state index contributed by atoms with van der Waals surface area (Å²) in [5, 5.41) is 0.620. The van der Waals surface area contributed by atoms with Gasteiger partial charge < -0.3 is 0 Å². The van der Waals surface area contributed by atoms with Gasteiger partial charge in [0.2, 0.25) is 0 Å². The molecule has 0 atom stereocenters. The maximum absolute atomic E-state index is 10.6. The summed E-state index contributed by atoms with van der Waals surface area (Å²) in [7, 11) is 0. The summed E-state index contributed by atoms with van der Waals surface area (Å²) in [4.78, 5) is 10.6. The van der Waals surface area contributed by atoms with Crippen LogP contribution >= 0.6 is 27.5 Å². The molecule has 0 aliphatic rings. The number of aldehydes is 1. The molecule has 1 rings (SSSR count). The Hall–Kier alpha value is -0.340. The molecule has 0 spiro atoms. The third kappa shape index (κ3) is 1.54. The Labute approximate surface area is 84.9 Å². The normalized spacial score (nSPS) is 10.0. The number of benzene rings is 1. The summed E-state index contributed by atoms with van der Waals surface area (Å²) in [6.07, 6.45) is 0.811. The SMILES string of the molecule is Cc1c(Cl)cc(C=O)c(C)c1Br. The lowest BCUT2D eigenvalue weighted by atomic mass is 10.1. The monoisotopic (exact) mass is 246 g/mol. The summed E-state index contributed by atoms with van der Waals surface area (Å²) in [6.45, 7) is 3.80. The van der Waals surface area contributed by atoms with Gasteiger partial charge in [-0.3, -0.25) is 4.79 Å². The molecule has 0 unspecified atom stereocenters. The van der Waals surface area contributed by atoms with E-state index in [-0.39, 0.29) is 0 Å². The first-order valence-electron chi connectivity index (χ1n) is 3.48. The Bertz CT molecular complexity index is 334. The van der Waals surface area contributed by atoms with E-state index in [1.807, 2.05) is 13.8 Å². The first-order chi connectivity index (χ1) is 5.57. The summed E-state index contributed by atoms with van der Waals surface area (Å²) < 4.78 is 0.914. The van der Waals surface area contributed by atoms with Gasteiger partial charge in [-0.2, -0.15) is 0 Å². The molecule has 1 aromatic rings. The second-order valence-corrected chi connectivity index (χ2v) is 3.83. The molecule has 1 aromatic carbocycles. The van der Waals surface area contributed by atoms with E-state index < -0.39 is 0 Å². The van der Waals surface area contributed by atoms with Crippen molar-refractivity contribution in [3.8, 4) is 0 Å². The summed E-state index contributed by atoms with van der Waals surface area (Å²) in [5.41, 5.74) is 2.55. The van der Waals surface area contributed by atoms with E-state index in [4.69, 9.17) is 11.6 Å². The predicted molar refractivity (Wildman–Crippen MR) is 54.0 cm³/mol. The highest BCUT2D eigenvalue weighted by molar-refractivity contribution is 9.10. The van der Waals surface area contributed by atoms with Crippen molar-refractivity contribution in [2.45, 2.75) is 13.8 Å². The van der Waals surface area contributed by atoms with E-state index in [2.05, 4.69) is 15.9 Å². The minimum atomic E-state index is 0.620. The van der Waals surface area contributed by atoms with Gasteiger partial charge in [0.05, 0.1) is 0 Å². The average Bonchev–Trinajstić information content (AvgIpc) is 2.08. The van der Waals surface area contributed by atoms with E-state index in [0.717, 1.165) is 21.9 Å². The molecule has 0 heterocycles. The smallest absolute Gasteiger partial charge is 0.150 e. The number of rotatable bonds is 1. The van der Waals surface area contributed by atoms with Crippen molar-refractivity contribution in [3.63, 3.8) is 0 Å². The highest BCUT2D eigenvalue weighted by atomic mass is 79.9. The maximum atomic E-state index is 10.6. The van der Waals surface area contributed by atoms with Crippen molar-refractivity contribution in [3.05, 3.63) is 32.3 Å². The van der Waals surface area contributed by atoms with Gasteiger partial charge in [-0.15, -0.1) is 0 Å². The molecule has 0 aliphatic carbocycles. The number of carbonyl (C=O) groups excluding carboxylic acids is 1. The topological polar surface area (TPSA) is 17.1 Å². The van der Waals surface area contributed by atoms with Gasteiger partial charge in [0, 0.05) is 15.1 Å². The average molecular weight is 248 g/mol. The highest BCUT2D eigenvalue weighted by Gasteiger charge is 2.07. The molecule has 3 heteroatoms. The van der Waals surface area contributed by atoms with E-state index in [1.54, 1.807) is 6.07 Å². The Morgan fingerprint density at radius 1 is 1.42 bits per heavy atom. The zero-order valence-corrected chi connectivity index (χ0v) is 9.16. The summed E-state index contributed by atoms with van der Waals surface area (Å²) in [6, 6.07) is 1.68. The fourth-order valence-corrected chi connectivity index (χ4v) is 1.76. The fourth-order valence-electron chi connectivity index (χ4n) is 0.988. The Morgan fingerprint density at radius 3 is 2.50 bits per heavy atom. The van der Waals surface area contributed by atoms with Crippen LogP contribution in [0.1, 0.15) is 21.5 Å². The minimum Gasteiger partial charge on any atom is -0.298 e. The Kier molecular flexibility index (Phi) is 2.91. The zero-order valence-electron chi connectivity index (χ0n) is 6.82. The lowest BCUT2D eigenvalue weighted by Crippen LogP contribution is -1.91. The minimum absolute atomic E-state index is 0.620.